The standard InChI is InChI=1S/C14H18O3/c15-13-7-6-12-11(13)4-1-5-14(12)17-10-3-2-8-16-9-10/h1,4-5,10,13,15H,2-3,6-9H2. The van der Waals surface area contributed by atoms with Crippen molar-refractivity contribution in [3.05, 3.63) is 29.3 Å². The minimum absolute atomic E-state index is 0.174. The van der Waals surface area contributed by atoms with Gasteiger partial charge in [0.15, 0.2) is 0 Å². The maximum absolute atomic E-state index is 9.83. The maximum atomic E-state index is 9.83. The Balaban J connectivity index is 1.79. The van der Waals surface area contributed by atoms with Gasteiger partial charge in [0, 0.05) is 12.2 Å². The van der Waals surface area contributed by atoms with Crippen LogP contribution in [0, 0.1) is 0 Å². The molecule has 1 aromatic rings. The molecule has 1 N–H and O–H groups in total. The molecular weight excluding hydrogens is 216 g/mol. The van der Waals surface area contributed by atoms with Crippen LogP contribution < -0.4 is 4.74 Å². The Morgan fingerprint density at radius 1 is 1.29 bits per heavy atom. The van der Waals surface area contributed by atoms with Crippen molar-refractivity contribution in [1.82, 2.24) is 0 Å². The normalized spacial score (nSPS) is 27.8. The zero-order valence-electron chi connectivity index (χ0n) is 9.89. The lowest BCUT2D eigenvalue weighted by atomic mass is 10.1. The number of hydrogen-bond donors (Lipinski definition) is 1. The molecule has 0 bridgehead atoms. The maximum Gasteiger partial charge on any atom is 0.123 e. The molecule has 0 spiro atoms. The van der Waals surface area contributed by atoms with Gasteiger partial charge < -0.3 is 14.6 Å². The topological polar surface area (TPSA) is 38.7 Å². The van der Waals surface area contributed by atoms with Crippen molar-refractivity contribution in [1.29, 1.82) is 0 Å². The van der Waals surface area contributed by atoms with E-state index in [1.807, 2.05) is 18.2 Å². The highest BCUT2D eigenvalue weighted by molar-refractivity contribution is 5.44. The average molecular weight is 234 g/mol. The Bertz CT molecular complexity index is 396. The molecule has 0 amide bonds. The highest BCUT2D eigenvalue weighted by Crippen LogP contribution is 2.37. The number of benzene rings is 1. The van der Waals surface area contributed by atoms with E-state index in [1.165, 1.54) is 5.56 Å². The van der Waals surface area contributed by atoms with Crippen molar-refractivity contribution < 1.29 is 14.6 Å². The second-order valence-corrected chi connectivity index (χ2v) is 4.84. The van der Waals surface area contributed by atoms with Crippen LogP contribution in [-0.4, -0.2) is 24.4 Å². The van der Waals surface area contributed by atoms with E-state index in [2.05, 4.69) is 0 Å². The molecule has 92 valence electrons. The summed E-state index contributed by atoms with van der Waals surface area (Å²) in [5.41, 5.74) is 2.23. The number of hydrogen-bond acceptors (Lipinski definition) is 3. The minimum atomic E-state index is -0.309. The lowest BCUT2D eigenvalue weighted by molar-refractivity contribution is 0.00707. The predicted octanol–water partition coefficient (Wildman–Crippen LogP) is 2.22. The fraction of sp³-hybridized carbons (Fsp3) is 0.571. The largest absolute Gasteiger partial charge is 0.488 e. The summed E-state index contributed by atoms with van der Waals surface area (Å²) in [6, 6.07) is 5.97. The Morgan fingerprint density at radius 2 is 2.24 bits per heavy atom. The number of aliphatic hydroxyl groups excluding tert-OH is 1. The SMILES string of the molecule is OC1CCc2c(OC3CCCOC3)cccc21. The van der Waals surface area contributed by atoms with E-state index in [4.69, 9.17) is 9.47 Å². The summed E-state index contributed by atoms with van der Waals surface area (Å²) in [6.07, 6.45) is 3.73. The third-order valence-electron chi connectivity index (χ3n) is 3.61. The smallest absolute Gasteiger partial charge is 0.123 e. The monoisotopic (exact) mass is 234 g/mol. The van der Waals surface area contributed by atoms with Crippen LogP contribution in [0.3, 0.4) is 0 Å². The van der Waals surface area contributed by atoms with Gasteiger partial charge in [0.25, 0.3) is 0 Å². The third kappa shape index (κ3) is 2.17. The minimum Gasteiger partial charge on any atom is -0.488 e. The van der Waals surface area contributed by atoms with Gasteiger partial charge in [-0.25, -0.2) is 0 Å². The predicted molar refractivity (Wildman–Crippen MR) is 64.2 cm³/mol. The van der Waals surface area contributed by atoms with Crippen LogP contribution in [0.15, 0.2) is 18.2 Å². The van der Waals surface area contributed by atoms with E-state index in [-0.39, 0.29) is 12.2 Å². The van der Waals surface area contributed by atoms with Crippen LogP contribution in [-0.2, 0) is 11.2 Å². The highest BCUT2D eigenvalue weighted by Gasteiger charge is 2.25. The molecule has 1 aromatic carbocycles. The van der Waals surface area contributed by atoms with Gasteiger partial charge in [0.1, 0.15) is 11.9 Å². The van der Waals surface area contributed by atoms with Gasteiger partial charge in [-0.3, -0.25) is 0 Å². The Morgan fingerprint density at radius 3 is 3.06 bits per heavy atom. The molecule has 1 fully saturated rings. The lowest BCUT2D eigenvalue weighted by Gasteiger charge is -2.24. The van der Waals surface area contributed by atoms with E-state index >= 15 is 0 Å². The number of aliphatic hydroxyl groups is 1. The Hall–Kier alpha value is -1.06. The first-order chi connectivity index (χ1) is 8.34. The van der Waals surface area contributed by atoms with Crippen LogP contribution in [0.1, 0.15) is 36.5 Å². The van der Waals surface area contributed by atoms with E-state index in [0.717, 1.165) is 43.6 Å². The van der Waals surface area contributed by atoms with Crippen molar-refractivity contribution in [2.75, 3.05) is 13.2 Å². The fourth-order valence-corrected chi connectivity index (χ4v) is 2.69. The zero-order chi connectivity index (χ0) is 11.7. The summed E-state index contributed by atoms with van der Waals surface area (Å²) in [5, 5.41) is 9.83. The molecule has 0 radical (unpaired) electrons. The van der Waals surface area contributed by atoms with Crippen molar-refractivity contribution in [3.63, 3.8) is 0 Å². The summed E-state index contributed by atoms with van der Waals surface area (Å²) < 4.78 is 11.4. The van der Waals surface area contributed by atoms with E-state index in [9.17, 15) is 5.11 Å². The highest BCUT2D eigenvalue weighted by atomic mass is 16.5. The van der Waals surface area contributed by atoms with Gasteiger partial charge in [0.05, 0.1) is 12.7 Å². The van der Waals surface area contributed by atoms with E-state index in [1.54, 1.807) is 0 Å². The zero-order valence-corrected chi connectivity index (χ0v) is 9.89. The lowest BCUT2D eigenvalue weighted by Crippen LogP contribution is -2.28. The molecular formula is C14H18O3. The molecule has 3 nitrogen and oxygen atoms in total. The van der Waals surface area contributed by atoms with Gasteiger partial charge in [-0.2, -0.15) is 0 Å². The summed E-state index contributed by atoms with van der Waals surface area (Å²) in [5.74, 6) is 0.939. The summed E-state index contributed by atoms with van der Waals surface area (Å²) in [4.78, 5) is 0. The quantitative estimate of drug-likeness (QED) is 0.852. The molecule has 1 aliphatic heterocycles. The fourth-order valence-electron chi connectivity index (χ4n) is 2.69. The molecule has 0 saturated carbocycles. The molecule has 3 heteroatoms. The third-order valence-corrected chi connectivity index (χ3v) is 3.61. The molecule has 1 saturated heterocycles. The molecule has 17 heavy (non-hydrogen) atoms. The van der Waals surface area contributed by atoms with Gasteiger partial charge >= 0.3 is 0 Å². The Labute approximate surface area is 101 Å². The van der Waals surface area contributed by atoms with Crippen LogP contribution in [0.4, 0.5) is 0 Å². The molecule has 1 aliphatic carbocycles. The first kappa shape index (κ1) is 11.1. The van der Waals surface area contributed by atoms with Crippen molar-refractivity contribution in [2.24, 2.45) is 0 Å². The summed E-state index contributed by atoms with van der Waals surface area (Å²) >= 11 is 0. The number of fused-ring (bicyclic) bond motifs is 1. The molecule has 1 heterocycles. The average Bonchev–Trinajstić information content (AvgIpc) is 2.74. The van der Waals surface area contributed by atoms with Crippen molar-refractivity contribution in [3.8, 4) is 5.75 Å². The van der Waals surface area contributed by atoms with Crippen LogP contribution in [0.5, 0.6) is 5.75 Å². The van der Waals surface area contributed by atoms with Crippen LogP contribution >= 0.6 is 0 Å². The molecule has 3 rings (SSSR count). The number of rotatable bonds is 2. The van der Waals surface area contributed by atoms with Gasteiger partial charge in [0.2, 0.25) is 0 Å². The second kappa shape index (κ2) is 4.67. The first-order valence-electron chi connectivity index (χ1n) is 6.39. The molecule has 2 aliphatic rings. The van der Waals surface area contributed by atoms with E-state index < -0.39 is 0 Å². The van der Waals surface area contributed by atoms with Crippen molar-refractivity contribution >= 4 is 0 Å². The number of ether oxygens (including phenoxy) is 2. The van der Waals surface area contributed by atoms with Crippen LogP contribution in [0.25, 0.3) is 0 Å². The van der Waals surface area contributed by atoms with Gasteiger partial charge in [-0.1, -0.05) is 12.1 Å². The Kier molecular flexibility index (Phi) is 3.04. The van der Waals surface area contributed by atoms with Crippen molar-refractivity contribution in [2.45, 2.75) is 37.9 Å². The van der Waals surface area contributed by atoms with Gasteiger partial charge in [-0.05, 0) is 37.3 Å². The molecule has 0 aromatic heterocycles. The van der Waals surface area contributed by atoms with Gasteiger partial charge in [-0.15, -0.1) is 0 Å². The summed E-state index contributed by atoms with van der Waals surface area (Å²) in [7, 11) is 0. The molecule has 2 atom stereocenters. The molecule has 2 unspecified atom stereocenters. The van der Waals surface area contributed by atoms with Crippen LogP contribution in [0.2, 0.25) is 0 Å². The van der Waals surface area contributed by atoms with E-state index in [0.29, 0.717) is 6.61 Å². The second-order valence-electron chi connectivity index (χ2n) is 4.84. The first-order valence-corrected chi connectivity index (χ1v) is 6.39. The summed E-state index contributed by atoms with van der Waals surface area (Å²) in [6.45, 7) is 1.54.